The van der Waals surface area contributed by atoms with E-state index >= 15 is 0 Å². The van der Waals surface area contributed by atoms with Crippen LogP contribution < -0.4 is 5.32 Å². The summed E-state index contributed by atoms with van der Waals surface area (Å²) in [4.78, 5) is 11.4. The van der Waals surface area contributed by atoms with Crippen LogP contribution in [0.5, 0.6) is 0 Å². The Morgan fingerprint density at radius 1 is 1.64 bits per heavy atom. The number of piperidine rings is 1. The van der Waals surface area contributed by atoms with E-state index < -0.39 is 0 Å². The lowest BCUT2D eigenvalue weighted by Gasteiger charge is -2.23. The van der Waals surface area contributed by atoms with Gasteiger partial charge in [0.05, 0.1) is 11.3 Å². The Labute approximate surface area is 73.2 Å². The third-order valence-electron chi connectivity index (χ3n) is 2.07. The number of carbonyl (C=O) groups excluding carboxylic acids is 1. The van der Waals surface area contributed by atoms with Crippen LogP contribution in [0.1, 0.15) is 26.2 Å². The van der Waals surface area contributed by atoms with Crippen LogP contribution in [0.3, 0.4) is 0 Å². The number of nitrogens with one attached hydrogen (secondary N) is 1. The highest BCUT2D eigenvalue weighted by Gasteiger charge is 2.22. The predicted molar refractivity (Wildman–Crippen MR) is 49.1 cm³/mol. The van der Waals surface area contributed by atoms with Crippen molar-refractivity contribution in [3.8, 4) is 0 Å². The van der Waals surface area contributed by atoms with Gasteiger partial charge < -0.3 is 5.32 Å². The fourth-order valence-electron chi connectivity index (χ4n) is 1.39. The van der Waals surface area contributed by atoms with Gasteiger partial charge in [-0.1, -0.05) is 6.42 Å². The van der Waals surface area contributed by atoms with E-state index in [1.165, 1.54) is 12.8 Å². The summed E-state index contributed by atoms with van der Waals surface area (Å²) in [5.74, 6) is 0.244. The van der Waals surface area contributed by atoms with Crippen molar-refractivity contribution in [1.82, 2.24) is 5.32 Å². The molecule has 1 fully saturated rings. The van der Waals surface area contributed by atoms with Gasteiger partial charge in [-0.25, -0.2) is 0 Å². The SMILES string of the molecule is CC(S)C(=O)C1CCCCN1. The normalized spacial score (nSPS) is 28.0. The summed E-state index contributed by atoms with van der Waals surface area (Å²) >= 11 is 4.11. The molecule has 0 aromatic heterocycles. The van der Waals surface area contributed by atoms with Gasteiger partial charge in [-0.2, -0.15) is 12.6 Å². The van der Waals surface area contributed by atoms with E-state index in [0.717, 1.165) is 13.0 Å². The van der Waals surface area contributed by atoms with Gasteiger partial charge in [0, 0.05) is 0 Å². The van der Waals surface area contributed by atoms with Crippen LogP contribution in [0.25, 0.3) is 0 Å². The van der Waals surface area contributed by atoms with E-state index in [-0.39, 0.29) is 17.1 Å². The summed E-state index contributed by atoms with van der Waals surface area (Å²) in [6.45, 7) is 2.82. The highest BCUT2D eigenvalue weighted by atomic mass is 32.1. The smallest absolute Gasteiger partial charge is 0.162 e. The van der Waals surface area contributed by atoms with Crippen LogP contribution in [0, 0.1) is 0 Å². The molecule has 0 bridgehead atoms. The Bertz CT molecular complexity index is 141. The molecule has 0 aromatic rings. The monoisotopic (exact) mass is 173 g/mol. The number of Topliss-reactive ketones (excluding diaryl/α,β-unsaturated/α-hetero) is 1. The van der Waals surface area contributed by atoms with Crippen LogP contribution >= 0.6 is 12.6 Å². The van der Waals surface area contributed by atoms with Crippen molar-refractivity contribution in [1.29, 1.82) is 0 Å². The zero-order chi connectivity index (χ0) is 8.27. The molecule has 0 spiro atoms. The van der Waals surface area contributed by atoms with E-state index in [1.54, 1.807) is 0 Å². The van der Waals surface area contributed by atoms with E-state index in [2.05, 4.69) is 17.9 Å². The molecule has 0 aliphatic carbocycles. The van der Waals surface area contributed by atoms with Crippen molar-refractivity contribution >= 4 is 18.4 Å². The second-order valence-electron chi connectivity index (χ2n) is 3.08. The molecule has 2 atom stereocenters. The largest absolute Gasteiger partial charge is 0.307 e. The zero-order valence-electron chi connectivity index (χ0n) is 6.84. The van der Waals surface area contributed by atoms with Crippen molar-refractivity contribution in [3.05, 3.63) is 0 Å². The second kappa shape index (κ2) is 4.12. The molecule has 2 unspecified atom stereocenters. The van der Waals surface area contributed by atoms with Crippen LogP contribution in [-0.2, 0) is 4.79 Å². The van der Waals surface area contributed by atoms with Gasteiger partial charge in [0.25, 0.3) is 0 Å². The molecule has 11 heavy (non-hydrogen) atoms. The fraction of sp³-hybridized carbons (Fsp3) is 0.875. The van der Waals surface area contributed by atoms with Crippen molar-refractivity contribution in [2.75, 3.05) is 6.54 Å². The van der Waals surface area contributed by atoms with Gasteiger partial charge in [-0.3, -0.25) is 4.79 Å². The van der Waals surface area contributed by atoms with Crippen LogP contribution in [0.15, 0.2) is 0 Å². The molecule has 0 amide bonds. The van der Waals surface area contributed by atoms with Crippen molar-refractivity contribution in [2.24, 2.45) is 0 Å². The van der Waals surface area contributed by atoms with E-state index in [1.807, 2.05) is 6.92 Å². The molecule has 1 heterocycles. The standard InChI is InChI=1S/C8H15NOS/c1-6(11)8(10)7-4-2-3-5-9-7/h6-7,9,11H,2-5H2,1H3. The van der Waals surface area contributed by atoms with E-state index in [0.29, 0.717) is 0 Å². The minimum Gasteiger partial charge on any atom is -0.307 e. The molecule has 2 nitrogen and oxygen atoms in total. The summed E-state index contributed by atoms with van der Waals surface area (Å²) in [5.41, 5.74) is 0. The molecule has 64 valence electrons. The van der Waals surface area contributed by atoms with E-state index in [9.17, 15) is 4.79 Å². The Balaban J connectivity index is 2.39. The maximum absolute atomic E-state index is 11.4. The Morgan fingerprint density at radius 2 is 2.36 bits per heavy atom. The molecule has 0 saturated carbocycles. The molecule has 1 saturated heterocycles. The van der Waals surface area contributed by atoms with Crippen molar-refractivity contribution in [3.63, 3.8) is 0 Å². The number of hydrogen-bond donors (Lipinski definition) is 2. The maximum Gasteiger partial charge on any atom is 0.162 e. The summed E-state index contributed by atoms with van der Waals surface area (Å²) in [7, 11) is 0. The van der Waals surface area contributed by atoms with Crippen LogP contribution in [0.2, 0.25) is 0 Å². The van der Waals surface area contributed by atoms with Gasteiger partial charge in [0.2, 0.25) is 0 Å². The topological polar surface area (TPSA) is 29.1 Å². The van der Waals surface area contributed by atoms with Crippen LogP contribution in [-0.4, -0.2) is 23.6 Å². The number of thiol groups is 1. The Morgan fingerprint density at radius 3 is 2.82 bits per heavy atom. The zero-order valence-corrected chi connectivity index (χ0v) is 7.73. The van der Waals surface area contributed by atoms with Crippen molar-refractivity contribution in [2.45, 2.75) is 37.5 Å². The summed E-state index contributed by atoms with van der Waals surface area (Å²) in [5, 5.41) is 3.08. The number of rotatable bonds is 2. The number of hydrogen-bond acceptors (Lipinski definition) is 3. The van der Waals surface area contributed by atoms with Gasteiger partial charge >= 0.3 is 0 Å². The molecule has 1 rings (SSSR count). The Hall–Kier alpha value is -0.0200. The molecule has 1 N–H and O–H groups in total. The number of carbonyl (C=O) groups is 1. The molecule has 0 aromatic carbocycles. The summed E-state index contributed by atoms with van der Waals surface area (Å²) < 4.78 is 0. The first-order valence-corrected chi connectivity index (χ1v) is 4.68. The highest BCUT2D eigenvalue weighted by molar-refractivity contribution is 7.81. The highest BCUT2D eigenvalue weighted by Crippen LogP contribution is 2.11. The Kier molecular flexibility index (Phi) is 3.40. The fourth-order valence-corrected chi connectivity index (χ4v) is 1.57. The lowest BCUT2D eigenvalue weighted by molar-refractivity contribution is -0.120. The molecular weight excluding hydrogens is 158 g/mol. The minimum absolute atomic E-state index is 0.0799. The lowest BCUT2D eigenvalue weighted by atomic mass is 10.00. The predicted octanol–water partition coefficient (Wildman–Crippen LogP) is 1.02. The van der Waals surface area contributed by atoms with Gasteiger partial charge in [0.15, 0.2) is 5.78 Å². The molecule has 1 aliphatic heterocycles. The average Bonchev–Trinajstić information content (AvgIpc) is 2.05. The first-order valence-electron chi connectivity index (χ1n) is 4.17. The maximum atomic E-state index is 11.4. The lowest BCUT2D eigenvalue weighted by Crippen LogP contribution is -2.43. The number of ketones is 1. The first-order chi connectivity index (χ1) is 5.22. The molecule has 0 radical (unpaired) electrons. The molecule has 1 aliphatic rings. The van der Waals surface area contributed by atoms with Crippen molar-refractivity contribution < 1.29 is 4.79 Å². The van der Waals surface area contributed by atoms with Crippen LogP contribution in [0.4, 0.5) is 0 Å². The van der Waals surface area contributed by atoms with Gasteiger partial charge in [-0.15, -0.1) is 0 Å². The molecule has 3 heteroatoms. The summed E-state index contributed by atoms with van der Waals surface area (Å²) in [6.07, 6.45) is 3.36. The van der Waals surface area contributed by atoms with Gasteiger partial charge in [0.1, 0.15) is 0 Å². The first kappa shape index (κ1) is 9.07. The molecular formula is C8H15NOS. The summed E-state index contributed by atoms with van der Waals surface area (Å²) in [6, 6.07) is 0.0799. The minimum atomic E-state index is -0.120. The second-order valence-corrected chi connectivity index (χ2v) is 3.86. The third-order valence-corrected chi connectivity index (χ3v) is 2.32. The quantitative estimate of drug-likeness (QED) is 0.610. The third kappa shape index (κ3) is 2.49. The van der Waals surface area contributed by atoms with E-state index in [4.69, 9.17) is 0 Å². The average molecular weight is 173 g/mol. The van der Waals surface area contributed by atoms with Gasteiger partial charge in [-0.05, 0) is 26.3 Å².